The Bertz CT molecular complexity index is 543. The van der Waals surface area contributed by atoms with Gasteiger partial charge in [-0.3, -0.25) is 4.79 Å². The van der Waals surface area contributed by atoms with Gasteiger partial charge in [0, 0.05) is 23.9 Å². The van der Waals surface area contributed by atoms with Crippen molar-refractivity contribution in [3.63, 3.8) is 0 Å². The lowest BCUT2D eigenvalue weighted by atomic mass is 10.3. The molecule has 2 rings (SSSR count). The van der Waals surface area contributed by atoms with Crippen LogP contribution in [0, 0.1) is 5.82 Å². The van der Waals surface area contributed by atoms with Crippen LogP contribution in [0.15, 0.2) is 41.0 Å². The number of hydrogen-bond acceptors (Lipinski definition) is 3. The lowest BCUT2D eigenvalue weighted by Gasteiger charge is -2.06. The summed E-state index contributed by atoms with van der Waals surface area (Å²) in [6.45, 7) is 0. The number of pyridine rings is 1. The van der Waals surface area contributed by atoms with Crippen molar-refractivity contribution in [1.29, 1.82) is 0 Å². The lowest BCUT2D eigenvalue weighted by molar-refractivity contribution is 0.112. The Hall–Kier alpha value is -1.75. The van der Waals surface area contributed by atoms with Gasteiger partial charge in [0.1, 0.15) is 11.6 Å². The molecule has 1 aromatic carbocycles. The molecule has 86 valence electrons. The second-order valence-corrected chi connectivity index (χ2v) is 4.08. The Morgan fingerprint density at radius 1 is 1.29 bits per heavy atom. The van der Waals surface area contributed by atoms with Crippen LogP contribution in [0.1, 0.15) is 10.4 Å². The zero-order chi connectivity index (χ0) is 12.3. The zero-order valence-electron chi connectivity index (χ0n) is 8.56. The van der Waals surface area contributed by atoms with Crippen LogP contribution >= 0.6 is 15.9 Å². The molecular formula is C12H7BrFNO2. The Balaban J connectivity index is 2.24. The first-order valence-corrected chi connectivity index (χ1v) is 5.52. The second-order valence-electron chi connectivity index (χ2n) is 3.22. The molecule has 0 radical (unpaired) electrons. The zero-order valence-corrected chi connectivity index (χ0v) is 10.1. The molecule has 0 aliphatic rings. The summed E-state index contributed by atoms with van der Waals surface area (Å²) in [6, 6.07) is 7.23. The van der Waals surface area contributed by atoms with Gasteiger partial charge in [-0.15, -0.1) is 0 Å². The van der Waals surface area contributed by atoms with Crippen molar-refractivity contribution in [2.24, 2.45) is 0 Å². The predicted molar refractivity (Wildman–Crippen MR) is 63.8 cm³/mol. The number of ether oxygens (including phenoxy) is 1. The fourth-order valence-corrected chi connectivity index (χ4v) is 1.52. The third-order valence-corrected chi connectivity index (χ3v) is 2.66. The van der Waals surface area contributed by atoms with Gasteiger partial charge in [0.2, 0.25) is 5.88 Å². The number of benzene rings is 1. The molecule has 0 aliphatic carbocycles. The Morgan fingerprint density at radius 2 is 2.12 bits per heavy atom. The number of aldehydes is 1. The summed E-state index contributed by atoms with van der Waals surface area (Å²) >= 11 is 3.24. The van der Waals surface area contributed by atoms with Crippen molar-refractivity contribution >= 4 is 22.2 Å². The van der Waals surface area contributed by atoms with E-state index < -0.39 is 5.82 Å². The summed E-state index contributed by atoms with van der Waals surface area (Å²) in [5.74, 6) is 0.228. The molecule has 0 saturated carbocycles. The van der Waals surface area contributed by atoms with Crippen LogP contribution in [0.5, 0.6) is 11.6 Å². The van der Waals surface area contributed by atoms with E-state index >= 15 is 0 Å². The molecule has 5 heteroatoms. The third-order valence-electron chi connectivity index (χ3n) is 2.00. The quantitative estimate of drug-likeness (QED) is 0.813. The molecule has 0 saturated heterocycles. The van der Waals surface area contributed by atoms with Crippen molar-refractivity contribution in [3.05, 3.63) is 52.4 Å². The van der Waals surface area contributed by atoms with Crippen molar-refractivity contribution in [2.75, 3.05) is 0 Å². The molecular weight excluding hydrogens is 289 g/mol. The molecule has 1 heterocycles. The van der Waals surface area contributed by atoms with Gasteiger partial charge in [-0.25, -0.2) is 9.37 Å². The van der Waals surface area contributed by atoms with Crippen LogP contribution in [0.25, 0.3) is 0 Å². The van der Waals surface area contributed by atoms with Crippen molar-refractivity contribution in [2.45, 2.75) is 0 Å². The van der Waals surface area contributed by atoms with E-state index in [1.54, 1.807) is 18.2 Å². The van der Waals surface area contributed by atoms with E-state index in [-0.39, 0.29) is 0 Å². The summed E-state index contributed by atoms with van der Waals surface area (Å²) in [4.78, 5) is 14.4. The van der Waals surface area contributed by atoms with Gasteiger partial charge in [0.25, 0.3) is 0 Å². The fraction of sp³-hybridized carbons (Fsp3) is 0. The Labute approximate surface area is 105 Å². The molecule has 0 fully saturated rings. The van der Waals surface area contributed by atoms with Crippen LogP contribution in [0.2, 0.25) is 0 Å². The summed E-state index contributed by atoms with van der Waals surface area (Å²) in [7, 11) is 0. The number of nitrogens with zero attached hydrogens (tertiary/aromatic N) is 1. The van der Waals surface area contributed by atoms with E-state index in [1.165, 1.54) is 18.3 Å². The maximum absolute atomic E-state index is 13.0. The van der Waals surface area contributed by atoms with Crippen LogP contribution in [0.4, 0.5) is 4.39 Å². The topological polar surface area (TPSA) is 39.2 Å². The molecule has 0 N–H and O–H groups in total. The third kappa shape index (κ3) is 2.88. The number of carbonyl (C=O) groups is 1. The first-order valence-electron chi connectivity index (χ1n) is 4.73. The number of rotatable bonds is 3. The highest BCUT2D eigenvalue weighted by Crippen LogP contribution is 2.29. The minimum Gasteiger partial charge on any atom is -0.438 e. The van der Waals surface area contributed by atoms with E-state index in [0.717, 1.165) is 0 Å². The van der Waals surface area contributed by atoms with E-state index in [0.29, 0.717) is 28.0 Å². The number of carbonyl (C=O) groups excluding carboxylic acids is 1. The molecule has 0 aliphatic heterocycles. The van der Waals surface area contributed by atoms with Gasteiger partial charge in [-0.2, -0.15) is 0 Å². The molecule has 2 aromatic rings. The van der Waals surface area contributed by atoms with Crippen molar-refractivity contribution in [3.8, 4) is 11.6 Å². The standard InChI is InChI=1S/C12H7BrFNO2/c13-10-3-2-9(14)5-11(10)17-12-4-1-8(7-16)6-15-12/h1-7H. The highest BCUT2D eigenvalue weighted by Gasteiger charge is 2.05. The van der Waals surface area contributed by atoms with Crippen molar-refractivity contribution < 1.29 is 13.9 Å². The van der Waals surface area contributed by atoms with Gasteiger partial charge in [-0.05, 0) is 34.1 Å². The Kier molecular flexibility index (Phi) is 3.49. The van der Waals surface area contributed by atoms with Gasteiger partial charge in [0.15, 0.2) is 6.29 Å². The molecule has 1 aromatic heterocycles. The first-order chi connectivity index (χ1) is 8.19. The highest BCUT2D eigenvalue weighted by atomic mass is 79.9. The second kappa shape index (κ2) is 5.05. The average Bonchev–Trinajstić information content (AvgIpc) is 2.35. The number of hydrogen-bond donors (Lipinski definition) is 0. The predicted octanol–water partition coefficient (Wildman–Crippen LogP) is 3.59. The average molecular weight is 296 g/mol. The monoisotopic (exact) mass is 295 g/mol. The Morgan fingerprint density at radius 3 is 2.76 bits per heavy atom. The van der Waals surface area contributed by atoms with Gasteiger partial charge >= 0.3 is 0 Å². The molecule has 3 nitrogen and oxygen atoms in total. The SMILES string of the molecule is O=Cc1ccc(Oc2cc(F)ccc2Br)nc1. The fourth-order valence-electron chi connectivity index (χ4n) is 1.19. The van der Waals surface area contributed by atoms with E-state index in [9.17, 15) is 9.18 Å². The van der Waals surface area contributed by atoms with E-state index in [2.05, 4.69) is 20.9 Å². The number of aromatic nitrogens is 1. The molecule has 0 unspecified atom stereocenters. The summed E-state index contributed by atoms with van der Waals surface area (Å²) in [5, 5.41) is 0. The molecule has 0 atom stereocenters. The van der Waals surface area contributed by atoms with Crippen LogP contribution in [-0.4, -0.2) is 11.3 Å². The minimum atomic E-state index is -0.396. The molecule has 17 heavy (non-hydrogen) atoms. The lowest BCUT2D eigenvalue weighted by Crippen LogP contribution is -1.90. The van der Waals surface area contributed by atoms with Gasteiger partial charge in [0.05, 0.1) is 4.47 Å². The molecule has 0 amide bonds. The number of halogens is 2. The van der Waals surface area contributed by atoms with Crippen LogP contribution in [-0.2, 0) is 0 Å². The van der Waals surface area contributed by atoms with Gasteiger partial charge < -0.3 is 4.74 Å². The van der Waals surface area contributed by atoms with Gasteiger partial charge in [-0.1, -0.05) is 0 Å². The first kappa shape index (κ1) is 11.7. The molecule has 0 spiro atoms. The summed E-state index contributed by atoms with van der Waals surface area (Å²) < 4.78 is 19.0. The largest absolute Gasteiger partial charge is 0.438 e. The summed E-state index contributed by atoms with van der Waals surface area (Å²) in [5.41, 5.74) is 0.454. The summed E-state index contributed by atoms with van der Waals surface area (Å²) in [6.07, 6.45) is 2.07. The smallest absolute Gasteiger partial charge is 0.219 e. The van der Waals surface area contributed by atoms with Crippen molar-refractivity contribution in [1.82, 2.24) is 4.98 Å². The van der Waals surface area contributed by atoms with E-state index in [4.69, 9.17) is 4.74 Å². The highest BCUT2D eigenvalue weighted by molar-refractivity contribution is 9.10. The minimum absolute atomic E-state index is 0.293. The normalized spacial score (nSPS) is 10.0. The maximum atomic E-state index is 13.0. The van der Waals surface area contributed by atoms with E-state index in [1.807, 2.05) is 0 Å². The van der Waals surface area contributed by atoms with Crippen LogP contribution in [0.3, 0.4) is 0 Å². The molecule has 0 bridgehead atoms. The maximum Gasteiger partial charge on any atom is 0.219 e. The van der Waals surface area contributed by atoms with Crippen LogP contribution < -0.4 is 4.74 Å².